The maximum Gasteiger partial charge on any atom is 0.319 e. The standard InChI is InChI=1S/C20H18N2O/c1-15(14-21-20(23)22-17-10-3-2-4-11-17)18-13-7-9-16-8-5-6-12-19(16)18/h2-13H,1,14H2,(H2,21,22,23). The van der Waals surface area contributed by atoms with Crippen molar-refractivity contribution in [1.82, 2.24) is 5.32 Å². The molecule has 0 fully saturated rings. The molecule has 0 unspecified atom stereocenters. The fraction of sp³-hybridized carbons (Fsp3) is 0.0500. The predicted molar refractivity (Wildman–Crippen MR) is 96.4 cm³/mol. The SMILES string of the molecule is C=C(CNC(=O)Nc1ccccc1)c1cccc2ccccc12. The number of hydrogen-bond donors (Lipinski definition) is 2. The summed E-state index contributed by atoms with van der Waals surface area (Å²) in [5, 5.41) is 7.95. The zero-order valence-corrected chi connectivity index (χ0v) is 12.8. The van der Waals surface area contributed by atoms with Gasteiger partial charge in [-0.3, -0.25) is 0 Å². The largest absolute Gasteiger partial charge is 0.334 e. The number of carbonyl (C=O) groups is 1. The number of benzene rings is 3. The quantitative estimate of drug-likeness (QED) is 0.722. The van der Waals surface area contributed by atoms with Crippen LogP contribution in [0.2, 0.25) is 0 Å². The summed E-state index contributed by atoms with van der Waals surface area (Å²) < 4.78 is 0. The molecule has 3 aromatic carbocycles. The molecular weight excluding hydrogens is 284 g/mol. The highest BCUT2D eigenvalue weighted by Crippen LogP contribution is 2.23. The molecule has 23 heavy (non-hydrogen) atoms. The number of para-hydroxylation sites is 1. The van der Waals surface area contributed by atoms with Crippen LogP contribution in [0.5, 0.6) is 0 Å². The van der Waals surface area contributed by atoms with E-state index in [4.69, 9.17) is 0 Å². The van der Waals surface area contributed by atoms with Gasteiger partial charge in [0.15, 0.2) is 0 Å². The highest BCUT2D eigenvalue weighted by molar-refractivity contribution is 5.95. The van der Waals surface area contributed by atoms with Crippen LogP contribution in [0.1, 0.15) is 5.56 Å². The molecule has 0 heterocycles. The first kappa shape index (κ1) is 14.9. The number of hydrogen-bond acceptors (Lipinski definition) is 1. The lowest BCUT2D eigenvalue weighted by Gasteiger charge is -2.12. The molecule has 2 N–H and O–H groups in total. The van der Waals surface area contributed by atoms with Crippen molar-refractivity contribution in [2.24, 2.45) is 0 Å². The Bertz CT molecular complexity index is 835. The van der Waals surface area contributed by atoms with Crippen molar-refractivity contribution >= 4 is 28.1 Å². The first-order valence-corrected chi connectivity index (χ1v) is 7.50. The number of anilines is 1. The summed E-state index contributed by atoms with van der Waals surface area (Å²) in [6.45, 7) is 4.51. The summed E-state index contributed by atoms with van der Waals surface area (Å²) in [4.78, 5) is 11.9. The number of amides is 2. The van der Waals surface area contributed by atoms with Crippen LogP contribution in [0.4, 0.5) is 10.5 Å². The van der Waals surface area contributed by atoms with Crippen LogP contribution >= 0.6 is 0 Å². The van der Waals surface area contributed by atoms with Gasteiger partial charge in [-0.1, -0.05) is 67.2 Å². The Labute approximate surface area is 135 Å². The maximum atomic E-state index is 11.9. The van der Waals surface area contributed by atoms with Gasteiger partial charge in [0.2, 0.25) is 0 Å². The highest BCUT2D eigenvalue weighted by Gasteiger charge is 2.06. The van der Waals surface area contributed by atoms with E-state index in [9.17, 15) is 4.79 Å². The van der Waals surface area contributed by atoms with Gasteiger partial charge in [0.25, 0.3) is 0 Å². The van der Waals surface area contributed by atoms with Crippen LogP contribution < -0.4 is 10.6 Å². The molecule has 0 saturated carbocycles. The van der Waals surface area contributed by atoms with E-state index in [2.05, 4.69) is 35.4 Å². The minimum absolute atomic E-state index is 0.238. The van der Waals surface area contributed by atoms with E-state index < -0.39 is 0 Å². The predicted octanol–water partition coefficient (Wildman–Crippen LogP) is 4.67. The van der Waals surface area contributed by atoms with Crippen molar-refractivity contribution < 1.29 is 4.79 Å². The Balaban J connectivity index is 1.66. The van der Waals surface area contributed by atoms with Crippen molar-refractivity contribution in [2.75, 3.05) is 11.9 Å². The lowest BCUT2D eigenvalue weighted by atomic mass is 9.99. The molecule has 0 radical (unpaired) electrons. The molecule has 0 spiro atoms. The zero-order valence-electron chi connectivity index (χ0n) is 12.8. The van der Waals surface area contributed by atoms with E-state index in [1.54, 1.807) is 0 Å². The van der Waals surface area contributed by atoms with Crippen LogP contribution in [0, 0.1) is 0 Å². The summed E-state index contributed by atoms with van der Waals surface area (Å²) in [6, 6.07) is 23.4. The van der Waals surface area contributed by atoms with Gasteiger partial charge in [-0.15, -0.1) is 0 Å². The molecule has 0 bridgehead atoms. The minimum Gasteiger partial charge on any atom is -0.334 e. The molecule has 3 nitrogen and oxygen atoms in total. The van der Waals surface area contributed by atoms with Crippen LogP contribution in [-0.2, 0) is 0 Å². The van der Waals surface area contributed by atoms with E-state index in [-0.39, 0.29) is 6.03 Å². The summed E-state index contributed by atoms with van der Waals surface area (Å²) in [6.07, 6.45) is 0. The van der Waals surface area contributed by atoms with Crippen LogP contribution in [0.15, 0.2) is 79.4 Å². The molecule has 2 amide bonds. The maximum absolute atomic E-state index is 11.9. The highest BCUT2D eigenvalue weighted by atomic mass is 16.2. The van der Waals surface area contributed by atoms with Crippen molar-refractivity contribution in [3.8, 4) is 0 Å². The molecule has 0 atom stereocenters. The Kier molecular flexibility index (Phi) is 4.39. The van der Waals surface area contributed by atoms with Crippen LogP contribution in [0.25, 0.3) is 16.3 Å². The average molecular weight is 302 g/mol. The van der Waals surface area contributed by atoms with Gasteiger partial charge in [-0.2, -0.15) is 0 Å². The monoisotopic (exact) mass is 302 g/mol. The van der Waals surface area contributed by atoms with E-state index in [1.807, 2.05) is 54.6 Å². The Morgan fingerprint density at radius 3 is 2.39 bits per heavy atom. The van der Waals surface area contributed by atoms with E-state index in [0.29, 0.717) is 6.54 Å². The van der Waals surface area contributed by atoms with Crippen molar-refractivity contribution in [3.05, 3.63) is 84.9 Å². The number of urea groups is 1. The molecule has 0 aliphatic rings. The van der Waals surface area contributed by atoms with Gasteiger partial charge in [0.05, 0.1) is 0 Å². The summed E-state index contributed by atoms with van der Waals surface area (Å²) in [5.41, 5.74) is 2.70. The second-order valence-electron chi connectivity index (χ2n) is 5.30. The molecule has 0 aliphatic carbocycles. The first-order valence-electron chi connectivity index (χ1n) is 7.50. The Morgan fingerprint density at radius 1 is 0.870 bits per heavy atom. The van der Waals surface area contributed by atoms with Crippen LogP contribution in [-0.4, -0.2) is 12.6 Å². The molecule has 0 saturated heterocycles. The van der Waals surface area contributed by atoms with Gasteiger partial charge in [0, 0.05) is 12.2 Å². The van der Waals surface area contributed by atoms with E-state index in [1.165, 1.54) is 5.39 Å². The molecule has 0 aliphatic heterocycles. The van der Waals surface area contributed by atoms with Crippen molar-refractivity contribution in [2.45, 2.75) is 0 Å². The minimum atomic E-state index is -0.238. The van der Waals surface area contributed by atoms with Gasteiger partial charge in [0.1, 0.15) is 0 Å². The average Bonchev–Trinajstić information content (AvgIpc) is 2.60. The number of rotatable bonds is 4. The van der Waals surface area contributed by atoms with Gasteiger partial charge in [-0.05, 0) is 34.0 Å². The van der Waals surface area contributed by atoms with Gasteiger partial charge >= 0.3 is 6.03 Å². The summed E-state index contributed by atoms with van der Waals surface area (Å²) >= 11 is 0. The topological polar surface area (TPSA) is 41.1 Å². The molecule has 3 rings (SSSR count). The fourth-order valence-electron chi connectivity index (χ4n) is 2.51. The van der Waals surface area contributed by atoms with Crippen molar-refractivity contribution in [3.63, 3.8) is 0 Å². The third-order valence-corrected chi connectivity index (χ3v) is 3.66. The fourth-order valence-corrected chi connectivity index (χ4v) is 2.51. The molecular formula is C20H18N2O. The number of carbonyl (C=O) groups excluding carboxylic acids is 1. The molecule has 3 aromatic rings. The lowest BCUT2D eigenvalue weighted by molar-refractivity contribution is 0.253. The Morgan fingerprint density at radius 2 is 1.57 bits per heavy atom. The first-order chi connectivity index (χ1) is 11.2. The smallest absolute Gasteiger partial charge is 0.319 e. The van der Waals surface area contributed by atoms with Crippen LogP contribution in [0.3, 0.4) is 0 Å². The second-order valence-corrected chi connectivity index (χ2v) is 5.30. The zero-order chi connectivity index (χ0) is 16.1. The van der Waals surface area contributed by atoms with E-state index in [0.717, 1.165) is 22.2 Å². The molecule has 3 heteroatoms. The van der Waals surface area contributed by atoms with E-state index >= 15 is 0 Å². The summed E-state index contributed by atoms with van der Waals surface area (Å²) in [5.74, 6) is 0. The third kappa shape index (κ3) is 3.58. The van der Waals surface area contributed by atoms with Gasteiger partial charge < -0.3 is 10.6 Å². The second kappa shape index (κ2) is 6.79. The van der Waals surface area contributed by atoms with Crippen molar-refractivity contribution in [1.29, 1.82) is 0 Å². The number of nitrogens with one attached hydrogen (secondary N) is 2. The summed E-state index contributed by atoms with van der Waals surface area (Å²) in [7, 11) is 0. The normalized spacial score (nSPS) is 10.3. The Hall–Kier alpha value is -3.07. The lowest BCUT2D eigenvalue weighted by Crippen LogP contribution is -2.29. The molecule has 0 aromatic heterocycles. The number of fused-ring (bicyclic) bond motifs is 1. The molecule has 114 valence electrons. The van der Waals surface area contributed by atoms with Gasteiger partial charge in [-0.25, -0.2) is 4.79 Å². The third-order valence-electron chi connectivity index (χ3n) is 3.66.